The van der Waals surface area contributed by atoms with Crippen LogP contribution in [0.25, 0.3) is 21.7 Å². The number of fused-ring (bicyclic) bond motifs is 2. The molecule has 4 rings (SSSR count). The van der Waals surface area contributed by atoms with Crippen molar-refractivity contribution in [1.29, 1.82) is 0 Å². The van der Waals surface area contributed by atoms with E-state index in [0.717, 1.165) is 21.7 Å². The molecule has 0 radical (unpaired) electrons. The summed E-state index contributed by atoms with van der Waals surface area (Å²) in [5.41, 5.74) is 2.05. The number of para-hydroxylation sites is 1. The summed E-state index contributed by atoms with van der Waals surface area (Å²) in [6.45, 7) is 0. The number of nitrogens with zero attached hydrogens (tertiary/aromatic N) is 1. The second-order valence-corrected chi connectivity index (χ2v) is 5.88. The molecule has 1 amide bonds. The highest BCUT2D eigenvalue weighted by Crippen LogP contribution is 2.27. The highest BCUT2D eigenvalue weighted by Gasteiger charge is 2.13. The molecule has 3 aromatic carbocycles. The number of aromatic nitrogens is 1. The number of benzene rings is 3. The number of rotatable bonds is 2. The minimum atomic E-state index is -0.180. The molecule has 0 aliphatic carbocycles. The number of carbonyl (C=O) groups is 1. The van der Waals surface area contributed by atoms with E-state index in [1.807, 2.05) is 60.7 Å². The highest BCUT2D eigenvalue weighted by atomic mass is 35.5. The van der Waals surface area contributed by atoms with Crippen molar-refractivity contribution in [2.75, 3.05) is 5.32 Å². The average Bonchev–Trinajstić information content (AvgIpc) is 2.62. The van der Waals surface area contributed by atoms with E-state index in [1.54, 1.807) is 12.3 Å². The number of carbonyl (C=O) groups excluding carboxylic acids is 1. The third-order valence-electron chi connectivity index (χ3n) is 3.99. The first kappa shape index (κ1) is 14.7. The molecular weight excluding hydrogens is 320 g/mol. The van der Waals surface area contributed by atoms with Crippen molar-refractivity contribution >= 4 is 44.9 Å². The second-order valence-electron chi connectivity index (χ2n) is 5.48. The zero-order valence-corrected chi connectivity index (χ0v) is 13.4. The molecule has 0 saturated carbocycles. The molecule has 1 heterocycles. The van der Waals surface area contributed by atoms with Gasteiger partial charge in [0.15, 0.2) is 0 Å². The van der Waals surface area contributed by atoms with Crippen molar-refractivity contribution in [3.05, 3.63) is 83.5 Å². The number of hydrogen-bond donors (Lipinski definition) is 1. The fraction of sp³-hybridized carbons (Fsp3) is 0. The van der Waals surface area contributed by atoms with Crippen LogP contribution in [0.2, 0.25) is 5.02 Å². The van der Waals surface area contributed by atoms with Crippen LogP contribution in [0.3, 0.4) is 0 Å². The maximum absolute atomic E-state index is 12.8. The van der Waals surface area contributed by atoms with Crippen molar-refractivity contribution in [1.82, 2.24) is 4.98 Å². The van der Waals surface area contributed by atoms with Gasteiger partial charge in [-0.15, -0.1) is 0 Å². The minimum absolute atomic E-state index is 0.180. The van der Waals surface area contributed by atoms with Crippen molar-refractivity contribution < 1.29 is 4.79 Å². The maximum atomic E-state index is 12.8. The Kier molecular flexibility index (Phi) is 3.63. The Morgan fingerprint density at radius 1 is 0.875 bits per heavy atom. The van der Waals surface area contributed by atoms with E-state index >= 15 is 0 Å². The van der Waals surface area contributed by atoms with Gasteiger partial charge in [0.2, 0.25) is 0 Å². The van der Waals surface area contributed by atoms with E-state index in [-0.39, 0.29) is 5.91 Å². The van der Waals surface area contributed by atoms with Gasteiger partial charge < -0.3 is 5.32 Å². The molecule has 24 heavy (non-hydrogen) atoms. The Bertz CT molecular complexity index is 1070. The lowest BCUT2D eigenvalue weighted by Gasteiger charge is -2.10. The molecule has 0 aliphatic rings. The van der Waals surface area contributed by atoms with Crippen molar-refractivity contribution in [2.45, 2.75) is 0 Å². The summed E-state index contributed by atoms with van der Waals surface area (Å²) in [4.78, 5) is 17.2. The third kappa shape index (κ3) is 2.49. The zero-order valence-electron chi connectivity index (χ0n) is 12.7. The summed E-state index contributed by atoms with van der Waals surface area (Å²) in [7, 11) is 0. The van der Waals surface area contributed by atoms with Gasteiger partial charge >= 0.3 is 0 Å². The monoisotopic (exact) mass is 332 g/mol. The second kappa shape index (κ2) is 5.95. The van der Waals surface area contributed by atoms with Gasteiger partial charge in [0.25, 0.3) is 5.91 Å². The first-order valence-electron chi connectivity index (χ1n) is 7.56. The molecule has 0 unspecified atom stereocenters. The fourth-order valence-electron chi connectivity index (χ4n) is 2.86. The van der Waals surface area contributed by atoms with Gasteiger partial charge in [0.1, 0.15) is 0 Å². The van der Waals surface area contributed by atoms with Crippen LogP contribution in [0.5, 0.6) is 0 Å². The lowest BCUT2D eigenvalue weighted by Crippen LogP contribution is -2.12. The Morgan fingerprint density at radius 3 is 2.54 bits per heavy atom. The molecular formula is C20H13ClN2O. The van der Waals surface area contributed by atoms with Crippen molar-refractivity contribution in [2.24, 2.45) is 0 Å². The Hall–Kier alpha value is -2.91. The molecule has 0 fully saturated rings. The molecule has 4 heteroatoms. The normalized spacial score (nSPS) is 10.9. The maximum Gasteiger partial charge on any atom is 0.256 e. The van der Waals surface area contributed by atoms with Crippen LogP contribution in [0.15, 0.2) is 72.9 Å². The topological polar surface area (TPSA) is 42.0 Å². The number of amides is 1. The van der Waals surface area contributed by atoms with E-state index in [1.165, 1.54) is 0 Å². The van der Waals surface area contributed by atoms with Gasteiger partial charge in [-0.05, 0) is 29.7 Å². The van der Waals surface area contributed by atoms with E-state index in [4.69, 9.17) is 11.6 Å². The number of halogens is 1. The smallest absolute Gasteiger partial charge is 0.256 e. The first-order valence-corrected chi connectivity index (χ1v) is 7.94. The predicted molar refractivity (Wildman–Crippen MR) is 98.7 cm³/mol. The van der Waals surface area contributed by atoms with Crippen LogP contribution in [0, 0.1) is 0 Å². The standard InChI is InChI=1S/C20H13ClN2O/c21-17-10-3-7-14-15(17)8-2-9-16(14)20(24)23-18-11-1-5-13-6-4-12-22-19(13)18/h1-12H,(H,23,24). The van der Waals surface area contributed by atoms with Gasteiger partial charge in [-0.1, -0.05) is 54.1 Å². The SMILES string of the molecule is O=C(Nc1cccc2cccnc12)c1cccc2c(Cl)cccc12. The van der Waals surface area contributed by atoms with Gasteiger partial charge in [0, 0.05) is 27.6 Å². The van der Waals surface area contributed by atoms with Crippen LogP contribution >= 0.6 is 11.6 Å². The molecule has 0 aliphatic heterocycles. The molecule has 3 nitrogen and oxygen atoms in total. The van der Waals surface area contributed by atoms with Crippen molar-refractivity contribution in [3.8, 4) is 0 Å². The number of anilines is 1. The molecule has 116 valence electrons. The molecule has 0 spiro atoms. The first-order chi connectivity index (χ1) is 11.7. The lowest BCUT2D eigenvalue weighted by atomic mass is 10.0. The molecule has 0 atom stereocenters. The van der Waals surface area contributed by atoms with E-state index in [2.05, 4.69) is 10.3 Å². The van der Waals surface area contributed by atoms with Gasteiger partial charge in [0.05, 0.1) is 11.2 Å². The highest BCUT2D eigenvalue weighted by molar-refractivity contribution is 6.36. The summed E-state index contributed by atoms with van der Waals surface area (Å²) < 4.78 is 0. The summed E-state index contributed by atoms with van der Waals surface area (Å²) in [6.07, 6.45) is 1.72. The molecule has 0 bridgehead atoms. The van der Waals surface area contributed by atoms with E-state index in [9.17, 15) is 4.79 Å². The number of hydrogen-bond acceptors (Lipinski definition) is 2. The third-order valence-corrected chi connectivity index (χ3v) is 4.32. The number of nitrogens with one attached hydrogen (secondary N) is 1. The Balaban J connectivity index is 1.79. The minimum Gasteiger partial charge on any atom is -0.320 e. The van der Waals surface area contributed by atoms with Crippen LogP contribution in [-0.4, -0.2) is 10.9 Å². The van der Waals surface area contributed by atoms with Crippen LogP contribution in [-0.2, 0) is 0 Å². The molecule has 0 saturated heterocycles. The van der Waals surface area contributed by atoms with Crippen LogP contribution < -0.4 is 5.32 Å². The Labute approximate surface area is 143 Å². The molecule has 1 aromatic heterocycles. The van der Waals surface area contributed by atoms with Crippen molar-refractivity contribution in [3.63, 3.8) is 0 Å². The van der Waals surface area contributed by atoms with Gasteiger partial charge in [-0.25, -0.2) is 0 Å². The van der Waals surface area contributed by atoms with Crippen LogP contribution in [0.4, 0.5) is 5.69 Å². The zero-order chi connectivity index (χ0) is 16.5. The van der Waals surface area contributed by atoms with Crippen LogP contribution in [0.1, 0.15) is 10.4 Å². The Morgan fingerprint density at radius 2 is 1.62 bits per heavy atom. The van der Waals surface area contributed by atoms with E-state index < -0.39 is 0 Å². The lowest BCUT2D eigenvalue weighted by molar-refractivity contribution is 0.102. The quantitative estimate of drug-likeness (QED) is 0.541. The average molecular weight is 333 g/mol. The number of pyridine rings is 1. The fourth-order valence-corrected chi connectivity index (χ4v) is 3.10. The van der Waals surface area contributed by atoms with E-state index in [0.29, 0.717) is 16.3 Å². The molecule has 4 aromatic rings. The predicted octanol–water partition coefficient (Wildman–Crippen LogP) is 5.29. The summed E-state index contributed by atoms with van der Waals surface area (Å²) >= 11 is 6.23. The van der Waals surface area contributed by atoms with Gasteiger partial charge in [-0.3, -0.25) is 9.78 Å². The summed E-state index contributed by atoms with van der Waals surface area (Å²) in [5.74, 6) is -0.180. The van der Waals surface area contributed by atoms with Gasteiger partial charge in [-0.2, -0.15) is 0 Å². The summed E-state index contributed by atoms with van der Waals surface area (Å²) in [5, 5.41) is 6.28. The largest absolute Gasteiger partial charge is 0.320 e. The molecule has 1 N–H and O–H groups in total. The summed E-state index contributed by atoms with van der Waals surface area (Å²) in [6, 6.07) is 20.7.